The van der Waals surface area contributed by atoms with E-state index in [9.17, 15) is 4.79 Å². The van der Waals surface area contributed by atoms with E-state index >= 15 is 0 Å². The van der Waals surface area contributed by atoms with Crippen LogP contribution in [-0.2, 0) is 4.79 Å². The van der Waals surface area contributed by atoms with Gasteiger partial charge in [-0.05, 0) is 38.8 Å². The Balaban J connectivity index is 2.40. The number of likely N-dealkylation sites (N-methyl/N-ethyl adjacent to an activating group) is 1. The molecular formula is C14H29N3O. The molecule has 1 atom stereocenters. The van der Waals surface area contributed by atoms with Crippen molar-refractivity contribution in [3.8, 4) is 0 Å². The number of rotatable bonds is 7. The summed E-state index contributed by atoms with van der Waals surface area (Å²) in [4.78, 5) is 16.3. The van der Waals surface area contributed by atoms with Crippen molar-refractivity contribution in [1.82, 2.24) is 9.80 Å². The summed E-state index contributed by atoms with van der Waals surface area (Å²) >= 11 is 0. The third-order valence-electron chi connectivity index (χ3n) is 3.83. The van der Waals surface area contributed by atoms with Crippen LogP contribution in [0.3, 0.4) is 0 Å². The van der Waals surface area contributed by atoms with Gasteiger partial charge in [-0.2, -0.15) is 0 Å². The standard InChI is InChI=1S/C14H29N3O/c1-3-7-13-8-4-5-11-17(13)12-14(18)16(2)10-6-9-15/h13H,3-12,15H2,1-2H3. The molecule has 0 aromatic rings. The van der Waals surface area contributed by atoms with Gasteiger partial charge >= 0.3 is 0 Å². The molecule has 0 saturated carbocycles. The highest BCUT2D eigenvalue weighted by atomic mass is 16.2. The molecule has 0 bridgehead atoms. The maximum atomic E-state index is 12.1. The van der Waals surface area contributed by atoms with E-state index in [1.54, 1.807) is 0 Å². The highest BCUT2D eigenvalue weighted by Gasteiger charge is 2.24. The third kappa shape index (κ3) is 4.94. The van der Waals surface area contributed by atoms with E-state index in [0.717, 1.165) is 19.5 Å². The SMILES string of the molecule is CCCC1CCCCN1CC(=O)N(C)CCCN. The Hall–Kier alpha value is -0.610. The van der Waals surface area contributed by atoms with Crippen molar-refractivity contribution in [2.24, 2.45) is 5.73 Å². The molecule has 1 aliphatic rings. The lowest BCUT2D eigenvalue weighted by Gasteiger charge is -2.36. The molecule has 1 unspecified atom stereocenters. The van der Waals surface area contributed by atoms with Crippen molar-refractivity contribution in [1.29, 1.82) is 0 Å². The number of piperidine rings is 1. The fourth-order valence-corrected chi connectivity index (χ4v) is 2.68. The quantitative estimate of drug-likeness (QED) is 0.749. The van der Waals surface area contributed by atoms with E-state index in [-0.39, 0.29) is 5.91 Å². The minimum atomic E-state index is 0.242. The van der Waals surface area contributed by atoms with Gasteiger partial charge < -0.3 is 10.6 Å². The normalized spacial score (nSPS) is 20.9. The van der Waals surface area contributed by atoms with Crippen LogP contribution in [-0.4, -0.2) is 55.0 Å². The van der Waals surface area contributed by atoms with Gasteiger partial charge in [-0.15, -0.1) is 0 Å². The number of nitrogens with zero attached hydrogens (tertiary/aromatic N) is 2. The molecule has 0 spiro atoms. The lowest BCUT2D eigenvalue weighted by molar-refractivity contribution is -0.132. The fraction of sp³-hybridized carbons (Fsp3) is 0.929. The molecule has 1 rings (SSSR count). The van der Waals surface area contributed by atoms with Crippen LogP contribution in [0.15, 0.2) is 0 Å². The average molecular weight is 255 g/mol. The Bertz CT molecular complexity index is 243. The predicted molar refractivity (Wildman–Crippen MR) is 75.4 cm³/mol. The Kier molecular flexibility index (Phi) is 7.28. The second-order valence-corrected chi connectivity index (χ2v) is 5.37. The molecule has 4 heteroatoms. The van der Waals surface area contributed by atoms with Crippen LogP contribution in [0.25, 0.3) is 0 Å². The first-order valence-electron chi connectivity index (χ1n) is 7.37. The molecular weight excluding hydrogens is 226 g/mol. The Morgan fingerprint density at radius 3 is 2.89 bits per heavy atom. The molecule has 1 fully saturated rings. The first kappa shape index (κ1) is 15.4. The van der Waals surface area contributed by atoms with Crippen LogP contribution < -0.4 is 5.73 Å². The zero-order chi connectivity index (χ0) is 13.4. The summed E-state index contributed by atoms with van der Waals surface area (Å²) in [6, 6.07) is 0.621. The number of hydrogen-bond acceptors (Lipinski definition) is 3. The van der Waals surface area contributed by atoms with Gasteiger partial charge in [0, 0.05) is 19.6 Å². The summed E-state index contributed by atoms with van der Waals surface area (Å²) in [5.41, 5.74) is 5.47. The summed E-state index contributed by atoms with van der Waals surface area (Å²) in [6.45, 7) is 5.33. The van der Waals surface area contributed by atoms with Gasteiger partial charge in [0.2, 0.25) is 5.91 Å². The Morgan fingerprint density at radius 1 is 1.44 bits per heavy atom. The molecule has 1 heterocycles. The van der Waals surface area contributed by atoms with Crippen LogP contribution in [0, 0.1) is 0 Å². The van der Waals surface area contributed by atoms with Crippen LogP contribution in [0.2, 0.25) is 0 Å². The minimum Gasteiger partial charge on any atom is -0.345 e. The molecule has 0 aromatic carbocycles. The smallest absolute Gasteiger partial charge is 0.236 e. The molecule has 1 aliphatic heterocycles. The zero-order valence-corrected chi connectivity index (χ0v) is 12.0. The van der Waals surface area contributed by atoms with Crippen molar-refractivity contribution in [2.45, 2.75) is 51.5 Å². The minimum absolute atomic E-state index is 0.242. The largest absolute Gasteiger partial charge is 0.345 e. The molecule has 18 heavy (non-hydrogen) atoms. The third-order valence-corrected chi connectivity index (χ3v) is 3.83. The second-order valence-electron chi connectivity index (χ2n) is 5.37. The molecule has 0 aliphatic carbocycles. The number of hydrogen-bond donors (Lipinski definition) is 1. The van der Waals surface area contributed by atoms with Crippen molar-refractivity contribution in [3.63, 3.8) is 0 Å². The van der Waals surface area contributed by atoms with E-state index in [2.05, 4.69) is 11.8 Å². The highest BCUT2D eigenvalue weighted by Crippen LogP contribution is 2.20. The number of carbonyl (C=O) groups is 1. The van der Waals surface area contributed by atoms with Crippen molar-refractivity contribution >= 4 is 5.91 Å². The monoisotopic (exact) mass is 255 g/mol. The Labute approximate surface area is 111 Å². The van der Waals surface area contributed by atoms with Gasteiger partial charge in [0.05, 0.1) is 6.54 Å². The molecule has 1 saturated heterocycles. The zero-order valence-electron chi connectivity index (χ0n) is 12.0. The van der Waals surface area contributed by atoms with Crippen LogP contribution in [0.4, 0.5) is 0 Å². The highest BCUT2D eigenvalue weighted by molar-refractivity contribution is 5.78. The van der Waals surface area contributed by atoms with Gasteiger partial charge in [-0.25, -0.2) is 0 Å². The second kappa shape index (κ2) is 8.48. The lowest BCUT2D eigenvalue weighted by atomic mass is 9.98. The molecule has 2 N–H and O–H groups in total. The van der Waals surface area contributed by atoms with Crippen LogP contribution in [0.5, 0.6) is 0 Å². The maximum absolute atomic E-state index is 12.1. The van der Waals surface area contributed by atoms with Gasteiger partial charge in [-0.3, -0.25) is 9.69 Å². The van der Waals surface area contributed by atoms with Crippen molar-refractivity contribution in [3.05, 3.63) is 0 Å². The van der Waals surface area contributed by atoms with E-state index < -0.39 is 0 Å². The van der Waals surface area contributed by atoms with Crippen LogP contribution in [0.1, 0.15) is 45.4 Å². The van der Waals surface area contributed by atoms with Gasteiger partial charge in [0.1, 0.15) is 0 Å². The van der Waals surface area contributed by atoms with Gasteiger partial charge in [-0.1, -0.05) is 19.8 Å². The first-order chi connectivity index (χ1) is 8.69. The van der Waals surface area contributed by atoms with Crippen molar-refractivity contribution < 1.29 is 4.79 Å². The first-order valence-corrected chi connectivity index (χ1v) is 7.37. The maximum Gasteiger partial charge on any atom is 0.236 e. The van der Waals surface area contributed by atoms with Gasteiger partial charge in [0.25, 0.3) is 0 Å². The number of carbonyl (C=O) groups excluding carboxylic acids is 1. The van der Waals surface area contributed by atoms with Gasteiger partial charge in [0.15, 0.2) is 0 Å². The summed E-state index contributed by atoms with van der Waals surface area (Å²) in [6.07, 6.45) is 7.13. The number of amides is 1. The molecule has 0 radical (unpaired) electrons. The number of likely N-dealkylation sites (tertiary alicyclic amines) is 1. The van der Waals surface area contributed by atoms with E-state index in [1.807, 2.05) is 11.9 Å². The van der Waals surface area contributed by atoms with E-state index in [1.165, 1.54) is 32.1 Å². The summed E-state index contributed by atoms with van der Waals surface area (Å²) < 4.78 is 0. The summed E-state index contributed by atoms with van der Waals surface area (Å²) in [5.74, 6) is 0.242. The average Bonchev–Trinajstić information content (AvgIpc) is 2.38. The summed E-state index contributed by atoms with van der Waals surface area (Å²) in [5, 5.41) is 0. The van der Waals surface area contributed by atoms with Crippen molar-refractivity contribution in [2.75, 3.05) is 33.2 Å². The predicted octanol–water partition coefficient (Wildman–Crippen LogP) is 1.45. The fourth-order valence-electron chi connectivity index (χ4n) is 2.68. The van der Waals surface area contributed by atoms with E-state index in [4.69, 9.17) is 5.73 Å². The molecule has 4 nitrogen and oxygen atoms in total. The Morgan fingerprint density at radius 2 is 2.22 bits per heavy atom. The van der Waals surface area contributed by atoms with E-state index in [0.29, 0.717) is 19.1 Å². The number of nitrogens with two attached hydrogens (primary N) is 1. The van der Waals surface area contributed by atoms with Crippen LogP contribution >= 0.6 is 0 Å². The molecule has 106 valence electrons. The molecule has 1 amide bonds. The topological polar surface area (TPSA) is 49.6 Å². The lowest BCUT2D eigenvalue weighted by Crippen LogP contribution is -2.46. The molecule has 0 aromatic heterocycles. The summed E-state index contributed by atoms with van der Waals surface area (Å²) in [7, 11) is 1.89.